The molecule has 1 saturated heterocycles. The molecule has 34 heavy (non-hydrogen) atoms. The van der Waals surface area contributed by atoms with Crippen LogP contribution in [0.1, 0.15) is 38.2 Å². The molecule has 0 unspecified atom stereocenters. The fourth-order valence-electron chi connectivity index (χ4n) is 5.04. The summed E-state index contributed by atoms with van der Waals surface area (Å²) in [6.07, 6.45) is 2.34. The Kier molecular flexibility index (Phi) is 7.30. The highest BCUT2D eigenvalue weighted by Crippen LogP contribution is 2.41. The van der Waals surface area contributed by atoms with Gasteiger partial charge in [-0.1, -0.05) is 53.9 Å². The summed E-state index contributed by atoms with van der Waals surface area (Å²) in [5.74, 6) is 0.0673. The summed E-state index contributed by atoms with van der Waals surface area (Å²) in [4.78, 5) is 31.0. The maximum absolute atomic E-state index is 13.7. The molecule has 0 aromatic heterocycles. The number of carbonyl (C=O) groups excluding carboxylic acids is 1. The Bertz CT molecular complexity index is 1140. The number of likely N-dealkylation sites (tertiary alicyclic amines) is 1. The van der Waals surface area contributed by atoms with Gasteiger partial charge in [-0.3, -0.25) is 19.7 Å². The minimum atomic E-state index is -4.34. The van der Waals surface area contributed by atoms with Crippen LogP contribution in [0, 0.1) is 22.0 Å². The Morgan fingerprint density at radius 1 is 1.12 bits per heavy atom. The van der Waals surface area contributed by atoms with Gasteiger partial charge in [-0.05, 0) is 43.2 Å². The van der Waals surface area contributed by atoms with E-state index < -0.39 is 31.6 Å². The number of rotatable bonds is 9. The van der Waals surface area contributed by atoms with Crippen LogP contribution >= 0.6 is 0 Å². The van der Waals surface area contributed by atoms with Gasteiger partial charge in [0.25, 0.3) is 15.7 Å². The summed E-state index contributed by atoms with van der Waals surface area (Å²) in [5, 5.41) is 11.6. The number of amides is 1. The third-order valence-corrected chi connectivity index (χ3v) is 8.39. The molecule has 1 aliphatic heterocycles. The monoisotopic (exact) mass is 487 g/mol. The van der Waals surface area contributed by atoms with Crippen LogP contribution in [0.4, 0.5) is 5.69 Å². The van der Waals surface area contributed by atoms with Crippen LogP contribution in [0.2, 0.25) is 0 Å². The number of hydrogen-bond acceptors (Lipinski definition) is 6. The second-order valence-electron chi connectivity index (χ2n) is 8.86. The predicted octanol–water partition coefficient (Wildman–Crippen LogP) is 3.75. The van der Waals surface area contributed by atoms with Crippen LogP contribution in [0.15, 0.2) is 59.5 Å². The molecule has 2 fully saturated rings. The van der Waals surface area contributed by atoms with E-state index in [4.69, 9.17) is 4.84 Å². The third-order valence-electron chi connectivity index (χ3n) is 6.61. The Balaban J connectivity index is 1.64. The number of nitrogens with zero attached hydrogens (tertiary/aromatic N) is 3. The molecule has 9 nitrogen and oxygen atoms in total. The summed E-state index contributed by atoms with van der Waals surface area (Å²) in [6.45, 7) is 3.33. The van der Waals surface area contributed by atoms with Crippen LogP contribution in [-0.2, 0) is 26.3 Å². The molecular formula is C24H29N3O6S. The predicted molar refractivity (Wildman–Crippen MR) is 125 cm³/mol. The molecule has 0 N–H and O–H groups in total. The number of nitro benzene ring substituents is 1. The summed E-state index contributed by atoms with van der Waals surface area (Å²) in [6, 6.07) is 14.0. The number of hydrogen-bond donors (Lipinski definition) is 0. The first-order valence-corrected chi connectivity index (χ1v) is 13.0. The largest absolute Gasteiger partial charge is 0.342 e. The number of hydroxylamine groups is 1. The molecule has 4 rings (SSSR count). The molecule has 0 spiro atoms. The van der Waals surface area contributed by atoms with Gasteiger partial charge in [-0.25, -0.2) is 8.42 Å². The number of fused-ring (bicyclic) bond motifs is 1. The number of nitro groups is 1. The van der Waals surface area contributed by atoms with Crippen LogP contribution < -0.4 is 0 Å². The second kappa shape index (κ2) is 10.2. The summed E-state index contributed by atoms with van der Waals surface area (Å²) >= 11 is 0. The van der Waals surface area contributed by atoms with Crippen LogP contribution in [0.5, 0.6) is 0 Å². The number of sulfonamides is 1. The molecule has 1 saturated carbocycles. The molecule has 0 bridgehead atoms. The van der Waals surface area contributed by atoms with Crippen molar-refractivity contribution in [2.75, 3.05) is 13.1 Å². The molecule has 3 atom stereocenters. The SMILES string of the molecule is CCCN1C[C@@H]2C[C@@H](N(OCc3ccccc3)S(=O)(=O)c3ccccc3[N+](=O)[O-])CC[C@@H]2C1=O. The van der Waals surface area contributed by atoms with Crippen molar-refractivity contribution in [2.45, 2.75) is 50.2 Å². The Labute approximate surface area is 199 Å². The van der Waals surface area contributed by atoms with E-state index in [1.807, 2.05) is 42.2 Å². The number of para-hydroxylation sites is 1. The maximum atomic E-state index is 13.7. The second-order valence-corrected chi connectivity index (χ2v) is 10.6. The Hall–Kier alpha value is -2.82. The zero-order chi connectivity index (χ0) is 24.3. The molecule has 2 aromatic rings. The quantitative estimate of drug-likeness (QED) is 0.393. The first-order chi connectivity index (χ1) is 16.3. The lowest BCUT2D eigenvalue weighted by Crippen LogP contribution is -2.44. The first kappa shape index (κ1) is 24.3. The van der Waals surface area contributed by atoms with E-state index in [1.165, 1.54) is 24.3 Å². The van der Waals surface area contributed by atoms with E-state index in [9.17, 15) is 23.3 Å². The van der Waals surface area contributed by atoms with Crippen molar-refractivity contribution in [3.05, 3.63) is 70.3 Å². The lowest BCUT2D eigenvalue weighted by molar-refractivity contribution is -0.388. The normalized spacial score (nSPS) is 22.7. The average molecular weight is 488 g/mol. The summed E-state index contributed by atoms with van der Waals surface area (Å²) in [7, 11) is -4.34. The number of benzene rings is 2. The van der Waals surface area contributed by atoms with Crippen molar-refractivity contribution in [1.82, 2.24) is 9.37 Å². The van der Waals surface area contributed by atoms with Gasteiger partial charge in [0.15, 0.2) is 4.90 Å². The molecular weight excluding hydrogens is 458 g/mol. The lowest BCUT2D eigenvalue weighted by atomic mass is 9.79. The van der Waals surface area contributed by atoms with Crippen LogP contribution in [-0.4, -0.2) is 47.7 Å². The smallest absolute Gasteiger partial charge is 0.289 e. The van der Waals surface area contributed by atoms with Crippen LogP contribution in [0.3, 0.4) is 0 Å². The maximum Gasteiger partial charge on any atom is 0.289 e. The van der Waals surface area contributed by atoms with Crippen molar-refractivity contribution in [3.8, 4) is 0 Å². The van der Waals surface area contributed by atoms with Gasteiger partial charge in [0.1, 0.15) is 0 Å². The molecule has 1 aliphatic carbocycles. The highest BCUT2D eigenvalue weighted by molar-refractivity contribution is 7.89. The molecule has 10 heteroatoms. The minimum Gasteiger partial charge on any atom is -0.342 e. The van der Waals surface area contributed by atoms with Gasteiger partial charge in [-0.2, -0.15) is 0 Å². The Morgan fingerprint density at radius 3 is 2.53 bits per heavy atom. The van der Waals surface area contributed by atoms with E-state index in [2.05, 4.69) is 0 Å². The molecule has 1 amide bonds. The first-order valence-electron chi connectivity index (χ1n) is 11.6. The van der Waals surface area contributed by atoms with E-state index in [1.54, 1.807) is 0 Å². The van der Waals surface area contributed by atoms with Crippen molar-refractivity contribution in [1.29, 1.82) is 0 Å². The van der Waals surface area contributed by atoms with E-state index in [-0.39, 0.29) is 24.3 Å². The van der Waals surface area contributed by atoms with Gasteiger partial charge in [-0.15, -0.1) is 0 Å². The van der Waals surface area contributed by atoms with Crippen molar-refractivity contribution in [2.24, 2.45) is 11.8 Å². The minimum absolute atomic E-state index is 0.00614. The average Bonchev–Trinajstić information content (AvgIpc) is 3.14. The topological polar surface area (TPSA) is 110 Å². The molecule has 0 radical (unpaired) electrons. The van der Waals surface area contributed by atoms with E-state index in [0.29, 0.717) is 32.4 Å². The van der Waals surface area contributed by atoms with E-state index >= 15 is 0 Å². The van der Waals surface area contributed by atoms with Crippen molar-refractivity contribution < 1.29 is 23.0 Å². The van der Waals surface area contributed by atoms with E-state index in [0.717, 1.165) is 16.5 Å². The lowest BCUT2D eigenvalue weighted by Gasteiger charge is -2.36. The molecule has 182 valence electrons. The van der Waals surface area contributed by atoms with Gasteiger partial charge in [0, 0.05) is 25.1 Å². The molecule has 2 aromatic carbocycles. The van der Waals surface area contributed by atoms with Gasteiger partial charge in [0.2, 0.25) is 5.91 Å². The van der Waals surface area contributed by atoms with Crippen molar-refractivity contribution in [3.63, 3.8) is 0 Å². The molecule has 2 aliphatic rings. The highest BCUT2D eigenvalue weighted by Gasteiger charge is 2.47. The van der Waals surface area contributed by atoms with Crippen molar-refractivity contribution >= 4 is 21.6 Å². The Morgan fingerprint density at radius 2 is 1.82 bits per heavy atom. The van der Waals surface area contributed by atoms with Gasteiger partial charge in [0.05, 0.1) is 17.6 Å². The highest BCUT2D eigenvalue weighted by atomic mass is 32.2. The molecule has 1 heterocycles. The third kappa shape index (κ3) is 4.84. The zero-order valence-electron chi connectivity index (χ0n) is 19.1. The van der Waals surface area contributed by atoms with Crippen LogP contribution in [0.25, 0.3) is 0 Å². The fraction of sp³-hybridized carbons (Fsp3) is 0.458. The number of carbonyl (C=O) groups is 1. The summed E-state index contributed by atoms with van der Waals surface area (Å²) < 4.78 is 28.4. The zero-order valence-corrected chi connectivity index (χ0v) is 19.9. The standard InChI is InChI=1S/C24H29N3O6S/c1-2-14-25-16-19-15-20(12-13-21(19)24(25)28)27(33-17-18-8-4-3-5-9-18)34(31,32)23-11-7-6-10-22(23)26(29)30/h3-11,19-21H,2,12-17H2,1H3/t19-,20-,21-/m0/s1. The van der Waals surface area contributed by atoms with Gasteiger partial charge >= 0.3 is 0 Å². The van der Waals surface area contributed by atoms with Gasteiger partial charge < -0.3 is 4.90 Å². The fourth-order valence-corrected chi connectivity index (χ4v) is 6.67. The summed E-state index contributed by atoms with van der Waals surface area (Å²) in [5.41, 5.74) is 0.291.